The Kier molecular flexibility index (Phi) is 4.24. The molecule has 0 saturated heterocycles. The van der Waals surface area contributed by atoms with Gasteiger partial charge in [-0.05, 0) is 41.1 Å². The molecule has 1 rings (SSSR count). The van der Waals surface area contributed by atoms with Gasteiger partial charge in [0.2, 0.25) is 5.91 Å². The maximum Gasteiger partial charge on any atom is 0.259 e. The monoisotopic (exact) mass is 267 g/mol. The number of amides is 2. The van der Waals surface area contributed by atoms with Crippen LogP contribution in [0, 0.1) is 0 Å². The Balaban J connectivity index is 2.78. The SMILES string of the molecule is CC=CC(=O)NC(=O)c1ccccc1Br. The third-order valence-corrected chi connectivity index (χ3v) is 2.36. The number of halogens is 1. The number of nitrogens with one attached hydrogen (secondary N) is 1. The molecule has 78 valence electrons. The fourth-order valence-corrected chi connectivity index (χ4v) is 1.48. The van der Waals surface area contributed by atoms with Gasteiger partial charge in [0.15, 0.2) is 0 Å². The molecule has 0 unspecified atom stereocenters. The van der Waals surface area contributed by atoms with Crippen LogP contribution in [0.1, 0.15) is 17.3 Å². The van der Waals surface area contributed by atoms with Gasteiger partial charge >= 0.3 is 0 Å². The predicted octanol–water partition coefficient (Wildman–Crippen LogP) is 2.28. The highest BCUT2D eigenvalue weighted by atomic mass is 79.9. The van der Waals surface area contributed by atoms with E-state index in [9.17, 15) is 9.59 Å². The minimum absolute atomic E-state index is 0.412. The van der Waals surface area contributed by atoms with E-state index in [0.717, 1.165) is 0 Å². The average Bonchev–Trinajstić information content (AvgIpc) is 2.18. The summed E-state index contributed by atoms with van der Waals surface area (Å²) in [6.07, 6.45) is 2.87. The highest BCUT2D eigenvalue weighted by molar-refractivity contribution is 9.10. The standard InChI is InChI=1S/C11H10BrNO2/c1-2-5-10(14)13-11(15)8-6-3-4-7-9(8)12/h2-7H,1H3,(H,13,14,15). The highest BCUT2D eigenvalue weighted by Crippen LogP contribution is 2.15. The molecule has 0 atom stereocenters. The molecular formula is C11H10BrNO2. The maximum absolute atomic E-state index is 11.6. The average molecular weight is 268 g/mol. The zero-order valence-electron chi connectivity index (χ0n) is 8.16. The van der Waals surface area contributed by atoms with Gasteiger partial charge in [0, 0.05) is 4.47 Å². The summed E-state index contributed by atoms with van der Waals surface area (Å²) in [7, 11) is 0. The molecule has 2 amide bonds. The van der Waals surface area contributed by atoms with Gasteiger partial charge in [-0.2, -0.15) is 0 Å². The van der Waals surface area contributed by atoms with Gasteiger partial charge in [0.1, 0.15) is 0 Å². The van der Waals surface area contributed by atoms with Gasteiger partial charge in [0.05, 0.1) is 5.56 Å². The number of imide groups is 1. The van der Waals surface area contributed by atoms with E-state index in [2.05, 4.69) is 21.2 Å². The fourth-order valence-electron chi connectivity index (χ4n) is 1.02. The van der Waals surface area contributed by atoms with Crippen molar-refractivity contribution in [3.05, 3.63) is 46.5 Å². The normalized spacial score (nSPS) is 10.3. The fraction of sp³-hybridized carbons (Fsp3) is 0.0909. The summed E-state index contributed by atoms with van der Waals surface area (Å²) in [5, 5.41) is 2.24. The molecule has 0 saturated carbocycles. The summed E-state index contributed by atoms with van der Waals surface area (Å²) in [4.78, 5) is 22.7. The number of allylic oxidation sites excluding steroid dienone is 1. The maximum atomic E-state index is 11.6. The van der Waals surface area contributed by atoms with Crippen LogP contribution in [0.15, 0.2) is 40.9 Å². The highest BCUT2D eigenvalue weighted by Gasteiger charge is 2.10. The van der Waals surface area contributed by atoms with Gasteiger partial charge in [0.25, 0.3) is 5.91 Å². The number of benzene rings is 1. The smallest absolute Gasteiger partial charge is 0.259 e. The minimum Gasteiger partial charge on any atom is -0.289 e. The van der Waals surface area contributed by atoms with Crippen molar-refractivity contribution in [2.45, 2.75) is 6.92 Å². The van der Waals surface area contributed by atoms with Crippen LogP contribution in [-0.2, 0) is 4.79 Å². The third kappa shape index (κ3) is 3.32. The number of carbonyl (C=O) groups excluding carboxylic acids is 2. The van der Waals surface area contributed by atoms with Crippen molar-refractivity contribution in [1.29, 1.82) is 0 Å². The summed E-state index contributed by atoms with van der Waals surface area (Å²) in [5.41, 5.74) is 0.440. The first-order valence-electron chi connectivity index (χ1n) is 4.37. The van der Waals surface area contributed by atoms with E-state index in [0.29, 0.717) is 10.0 Å². The van der Waals surface area contributed by atoms with Crippen molar-refractivity contribution in [2.24, 2.45) is 0 Å². The van der Waals surface area contributed by atoms with Crippen molar-refractivity contribution in [3.63, 3.8) is 0 Å². The molecule has 0 radical (unpaired) electrons. The van der Waals surface area contributed by atoms with Crippen LogP contribution in [0.25, 0.3) is 0 Å². The molecule has 1 aromatic rings. The molecule has 4 heteroatoms. The lowest BCUT2D eigenvalue weighted by atomic mass is 10.2. The van der Waals surface area contributed by atoms with Crippen molar-refractivity contribution in [3.8, 4) is 0 Å². The topological polar surface area (TPSA) is 46.2 Å². The summed E-state index contributed by atoms with van der Waals surface area (Å²) >= 11 is 3.24. The molecule has 0 aromatic heterocycles. The Bertz CT molecular complexity index is 413. The molecule has 1 N–H and O–H groups in total. The Labute approximate surface area is 96.3 Å². The number of hydrogen-bond donors (Lipinski definition) is 1. The first kappa shape index (κ1) is 11.7. The summed E-state index contributed by atoms with van der Waals surface area (Å²) < 4.78 is 0.663. The summed E-state index contributed by atoms with van der Waals surface area (Å²) in [6.45, 7) is 1.71. The van der Waals surface area contributed by atoms with Gasteiger partial charge < -0.3 is 0 Å². The van der Waals surface area contributed by atoms with E-state index in [1.165, 1.54) is 6.08 Å². The minimum atomic E-state index is -0.418. The molecule has 0 aliphatic heterocycles. The van der Waals surface area contributed by atoms with Gasteiger partial charge in [-0.3, -0.25) is 14.9 Å². The zero-order valence-corrected chi connectivity index (χ0v) is 9.74. The van der Waals surface area contributed by atoms with Crippen molar-refractivity contribution >= 4 is 27.7 Å². The lowest BCUT2D eigenvalue weighted by Crippen LogP contribution is -2.28. The first-order chi connectivity index (χ1) is 7.15. The van der Waals surface area contributed by atoms with Crippen LogP contribution in [-0.4, -0.2) is 11.8 Å². The molecule has 0 heterocycles. The molecule has 3 nitrogen and oxygen atoms in total. The first-order valence-corrected chi connectivity index (χ1v) is 5.17. The van der Waals surface area contributed by atoms with E-state index < -0.39 is 11.8 Å². The predicted molar refractivity (Wildman–Crippen MR) is 61.4 cm³/mol. The van der Waals surface area contributed by atoms with Crippen molar-refractivity contribution in [2.75, 3.05) is 0 Å². The Morgan fingerprint density at radius 1 is 1.33 bits per heavy atom. The van der Waals surface area contributed by atoms with Crippen LogP contribution >= 0.6 is 15.9 Å². The van der Waals surface area contributed by atoms with E-state index in [1.807, 2.05) is 0 Å². The largest absolute Gasteiger partial charge is 0.289 e. The van der Waals surface area contributed by atoms with Crippen LogP contribution in [0.3, 0.4) is 0 Å². The van der Waals surface area contributed by atoms with E-state index in [4.69, 9.17) is 0 Å². The van der Waals surface area contributed by atoms with Crippen LogP contribution in [0.5, 0.6) is 0 Å². The van der Waals surface area contributed by atoms with Gasteiger partial charge in [-0.15, -0.1) is 0 Å². The number of rotatable bonds is 2. The zero-order chi connectivity index (χ0) is 11.3. The Hall–Kier alpha value is -1.42. The van der Waals surface area contributed by atoms with Crippen LogP contribution < -0.4 is 5.32 Å². The summed E-state index contributed by atoms with van der Waals surface area (Å²) in [5.74, 6) is -0.830. The Morgan fingerprint density at radius 3 is 2.60 bits per heavy atom. The molecule has 15 heavy (non-hydrogen) atoms. The number of hydrogen-bond acceptors (Lipinski definition) is 2. The number of carbonyl (C=O) groups is 2. The van der Waals surface area contributed by atoms with Crippen molar-refractivity contribution < 1.29 is 9.59 Å². The second-order valence-electron chi connectivity index (χ2n) is 2.80. The second-order valence-corrected chi connectivity index (χ2v) is 3.65. The molecule has 0 fully saturated rings. The Morgan fingerprint density at radius 2 is 2.00 bits per heavy atom. The third-order valence-electron chi connectivity index (χ3n) is 1.67. The lowest BCUT2D eigenvalue weighted by Gasteiger charge is -2.02. The quantitative estimate of drug-likeness (QED) is 0.836. The molecule has 0 bridgehead atoms. The van der Waals surface area contributed by atoms with Gasteiger partial charge in [-0.1, -0.05) is 18.2 Å². The lowest BCUT2D eigenvalue weighted by molar-refractivity contribution is -0.115. The second kappa shape index (κ2) is 5.46. The van der Waals surface area contributed by atoms with Gasteiger partial charge in [-0.25, -0.2) is 0 Å². The van der Waals surface area contributed by atoms with E-state index in [1.54, 1.807) is 37.3 Å². The molecular weight excluding hydrogens is 258 g/mol. The van der Waals surface area contributed by atoms with Crippen LogP contribution in [0.4, 0.5) is 0 Å². The molecule has 1 aromatic carbocycles. The van der Waals surface area contributed by atoms with E-state index in [-0.39, 0.29) is 0 Å². The summed E-state index contributed by atoms with van der Waals surface area (Å²) in [6, 6.07) is 6.92. The molecule has 0 aliphatic carbocycles. The molecule has 0 spiro atoms. The molecule has 0 aliphatic rings. The van der Waals surface area contributed by atoms with E-state index >= 15 is 0 Å². The van der Waals surface area contributed by atoms with Crippen LogP contribution in [0.2, 0.25) is 0 Å². The van der Waals surface area contributed by atoms with Crippen molar-refractivity contribution in [1.82, 2.24) is 5.32 Å².